The average molecular weight is 667 g/mol. The number of alkyl halides is 12. The van der Waals surface area contributed by atoms with Crippen molar-refractivity contribution in [1.82, 2.24) is 14.7 Å². The molecule has 2 aromatic heterocycles. The Hall–Kier alpha value is -4.56. The molecule has 4 rings (SSSR count). The maximum atomic E-state index is 14.2. The summed E-state index contributed by atoms with van der Waals surface area (Å²) < 4.78 is 157. The van der Waals surface area contributed by atoms with Crippen molar-refractivity contribution in [2.75, 3.05) is 13.1 Å². The van der Waals surface area contributed by atoms with Gasteiger partial charge in [0, 0.05) is 23.5 Å². The lowest BCUT2D eigenvalue weighted by Crippen LogP contribution is -2.43. The van der Waals surface area contributed by atoms with Gasteiger partial charge in [-0.15, -0.1) is 0 Å². The van der Waals surface area contributed by atoms with Crippen LogP contribution in [-0.4, -0.2) is 57.5 Å². The molecule has 0 aliphatic carbocycles. The topological polar surface area (TPSA) is 131 Å². The number of rotatable bonds is 5. The summed E-state index contributed by atoms with van der Waals surface area (Å²) in [5, 5.41) is 14.2. The van der Waals surface area contributed by atoms with Crippen molar-refractivity contribution < 1.29 is 72.2 Å². The standard InChI is InChI=1S/C20H10F9N3O3.C4H7F3N2O/c21-18(22,23)10-5-9(6-11(7-10)19(24,25)26)17(20(27,28)29)8-13(31-35-17)12-1-2-14(16(33)34)32-4-3-30-15(12)32;5-4(6,7)2-9-3(10)1-8/h1-7H,8H2,(H,33,34);1-2,8H2,(H,9,10). The van der Waals surface area contributed by atoms with E-state index in [-0.39, 0.29) is 35.1 Å². The number of carboxylic acid groups (broad SMARTS) is 1. The Morgan fingerprint density at radius 3 is 2.00 bits per heavy atom. The van der Waals surface area contributed by atoms with Gasteiger partial charge >= 0.3 is 30.7 Å². The largest absolute Gasteiger partial charge is 0.477 e. The van der Waals surface area contributed by atoms with Crippen LogP contribution in [0.5, 0.6) is 0 Å². The summed E-state index contributed by atoms with van der Waals surface area (Å²) >= 11 is 0. The Kier molecular flexibility index (Phi) is 9.38. The lowest BCUT2D eigenvalue weighted by atomic mass is 9.84. The second-order valence-corrected chi connectivity index (χ2v) is 9.08. The number of imidazole rings is 1. The first kappa shape index (κ1) is 34.9. The van der Waals surface area contributed by atoms with Crippen LogP contribution in [0.1, 0.15) is 39.2 Å². The van der Waals surface area contributed by atoms with E-state index in [9.17, 15) is 67.4 Å². The first-order valence-electron chi connectivity index (χ1n) is 11.8. The summed E-state index contributed by atoms with van der Waals surface area (Å²) in [5.74, 6) is -2.20. The quantitative estimate of drug-likeness (QED) is 0.318. The molecule has 1 aromatic carbocycles. The van der Waals surface area contributed by atoms with Crippen molar-refractivity contribution in [3.05, 3.63) is 70.7 Å². The Morgan fingerprint density at radius 2 is 1.53 bits per heavy atom. The van der Waals surface area contributed by atoms with Crippen LogP contribution >= 0.6 is 0 Å². The first-order valence-corrected chi connectivity index (χ1v) is 11.8. The van der Waals surface area contributed by atoms with Gasteiger partial charge in [0.25, 0.3) is 5.60 Å². The highest BCUT2D eigenvalue weighted by atomic mass is 19.4. The molecule has 0 fully saturated rings. The lowest BCUT2D eigenvalue weighted by molar-refractivity contribution is -0.276. The minimum Gasteiger partial charge on any atom is -0.477 e. The first-order chi connectivity index (χ1) is 20.5. The molecule has 0 radical (unpaired) electrons. The molecule has 0 bridgehead atoms. The smallest absolute Gasteiger partial charge is 0.435 e. The van der Waals surface area contributed by atoms with Crippen LogP contribution in [0.2, 0.25) is 0 Å². The molecule has 0 saturated heterocycles. The third kappa shape index (κ3) is 7.75. The predicted octanol–water partition coefficient (Wildman–Crippen LogP) is 5.28. The maximum absolute atomic E-state index is 14.2. The predicted molar refractivity (Wildman–Crippen MR) is 127 cm³/mol. The van der Waals surface area contributed by atoms with Gasteiger partial charge in [-0.25, -0.2) is 9.78 Å². The monoisotopic (exact) mass is 667 g/mol. The van der Waals surface area contributed by atoms with Gasteiger partial charge in [-0.1, -0.05) is 5.16 Å². The van der Waals surface area contributed by atoms with E-state index in [1.807, 2.05) is 0 Å². The second kappa shape index (κ2) is 12.1. The number of amides is 1. The molecule has 45 heavy (non-hydrogen) atoms. The number of aromatic carboxylic acids is 1. The van der Waals surface area contributed by atoms with Gasteiger partial charge in [0.15, 0.2) is 0 Å². The van der Waals surface area contributed by atoms with E-state index >= 15 is 0 Å². The minimum absolute atomic E-state index is 0.0696. The Labute approximate surface area is 242 Å². The van der Waals surface area contributed by atoms with E-state index in [2.05, 4.69) is 15.0 Å². The minimum atomic E-state index is -5.50. The number of halogens is 12. The zero-order valence-corrected chi connectivity index (χ0v) is 21.8. The number of hydrogen-bond acceptors (Lipinski definition) is 6. The zero-order chi connectivity index (χ0) is 34.2. The maximum Gasteiger partial charge on any atom is 0.435 e. The molecular weight excluding hydrogens is 650 g/mol. The van der Waals surface area contributed by atoms with Crippen LogP contribution in [0, 0.1) is 0 Å². The molecule has 1 atom stereocenters. The highest BCUT2D eigenvalue weighted by molar-refractivity contribution is 6.07. The molecule has 9 nitrogen and oxygen atoms in total. The fourth-order valence-corrected chi connectivity index (χ4v) is 3.92. The Balaban J connectivity index is 0.000000477. The van der Waals surface area contributed by atoms with Gasteiger partial charge < -0.3 is 21.0 Å². The number of pyridine rings is 1. The fourth-order valence-electron chi connectivity index (χ4n) is 3.92. The SMILES string of the molecule is NCC(=O)NCC(F)(F)F.O=C(O)c1ccc(C2=NOC(c3cc(C(F)(F)F)cc(C(F)(F)F)c3)(C(F)(F)F)C2)c2nccn12. The third-order valence-electron chi connectivity index (χ3n) is 5.99. The number of benzene rings is 1. The van der Waals surface area contributed by atoms with Gasteiger partial charge in [0.2, 0.25) is 5.91 Å². The van der Waals surface area contributed by atoms with Crippen LogP contribution in [0.25, 0.3) is 5.65 Å². The van der Waals surface area contributed by atoms with E-state index in [1.54, 1.807) is 5.32 Å². The van der Waals surface area contributed by atoms with Crippen molar-refractivity contribution >= 4 is 23.2 Å². The number of nitrogens with two attached hydrogens (primary N) is 1. The Bertz CT molecular complexity index is 1580. The van der Waals surface area contributed by atoms with Crippen molar-refractivity contribution in [1.29, 1.82) is 0 Å². The molecule has 0 spiro atoms. The van der Waals surface area contributed by atoms with Gasteiger partial charge in [0.1, 0.15) is 17.9 Å². The third-order valence-corrected chi connectivity index (χ3v) is 5.99. The van der Waals surface area contributed by atoms with Gasteiger partial charge in [-0.3, -0.25) is 9.20 Å². The van der Waals surface area contributed by atoms with Gasteiger partial charge in [-0.2, -0.15) is 52.7 Å². The molecule has 21 heteroatoms. The Morgan fingerprint density at radius 1 is 0.956 bits per heavy atom. The summed E-state index contributed by atoms with van der Waals surface area (Å²) in [6, 6.07) is 1.64. The zero-order valence-electron chi connectivity index (χ0n) is 21.8. The molecule has 1 aliphatic rings. The summed E-state index contributed by atoms with van der Waals surface area (Å²) in [4.78, 5) is 29.9. The molecular formula is C24H17F12N5O4. The van der Waals surface area contributed by atoms with Crippen molar-refractivity contribution in [3.63, 3.8) is 0 Å². The highest BCUT2D eigenvalue weighted by Crippen LogP contribution is 2.51. The van der Waals surface area contributed by atoms with Crippen LogP contribution in [0.15, 0.2) is 47.9 Å². The number of carbonyl (C=O) groups is 2. The van der Waals surface area contributed by atoms with Crippen molar-refractivity contribution in [2.45, 2.75) is 36.7 Å². The average Bonchev–Trinajstić information content (AvgIpc) is 3.58. The van der Waals surface area contributed by atoms with Gasteiger partial charge in [0.05, 0.1) is 29.8 Å². The molecule has 0 saturated carbocycles. The van der Waals surface area contributed by atoms with E-state index < -0.39 is 84.1 Å². The molecule has 1 unspecified atom stereocenters. The fraction of sp³-hybridized carbons (Fsp3) is 0.333. The molecule has 1 amide bonds. The van der Waals surface area contributed by atoms with Crippen molar-refractivity contribution in [3.8, 4) is 0 Å². The van der Waals surface area contributed by atoms with E-state index in [4.69, 9.17) is 5.73 Å². The number of nitrogens with zero attached hydrogens (tertiary/aromatic N) is 3. The lowest BCUT2D eigenvalue weighted by Gasteiger charge is -2.30. The number of carboxylic acids is 1. The van der Waals surface area contributed by atoms with Crippen LogP contribution in [0.4, 0.5) is 52.7 Å². The molecule has 1 aliphatic heterocycles. The number of carbonyl (C=O) groups excluding carboxylic acids is 1. The highest BCUT2D eigenvalue weighted by Gasteiger charge is 2.63. The van der Waals surface area contributed by atoms with Gasteiger partial charge in [-0.05, 0) is 30.3 Å². The normalized spacial score (nSPS) is 17.3. The van der Waals surface area contributed by atoms with E-state index in [1.165, 1.54) is 6.20 Å². The summed E-state index contributed by atoms with van der Waals surface area (Å²) in [6.45, 7) is -1.74. The number of oxime groups is 1. The molecule has 4 N–H and O–H groups in total. The summed E-state index contributed by atoms with van der Waals surface area (Å²) in [7, 11) is 0. The molecule has 3 aromatic rings. The second-order valence-electron chi connectivity index (χ2n) is 9.08. The van der Waals surface area contributed by atoms with Crippen LogP contribution in [-0.2, 0) is 27.6 Å². The summed E-state index contributed by atoms with van der Waals surface area (Å²) in [5.41, 5.74) is -5.46. The van der Waals surface area contributed by atoms with E-state index in [0.29, 0.717) is 0 Å². The molecule has 246 valence electrons. The number of fused-ring (bicyclic) bond motifs is 1. The number of hydrogen-bond donors (Lipinski definition) is 3. The van der Waals surface area contributed by atoms with E-state index in [0.717, 1.165) is 22.7 Å². The van der Waals surface area contributed by atoms with Crippen LogP contribution < -0.4 is 11.1 Å². The summed E-state index contributed by atoms with van der Waals surface area (Å²) in [6.07, 6.45) is -19.6. The number of aromatic nitrogens is 2. The van der Waals surface area contributed by atoms with Crippen molar-refractivity contribution in [2.24, 2.45) is 10.9 Å². The molecule has 3 heterocycles. The number of nitrogens with one attached hydrogen (secondary N) is 1. The van der Waals surface area contributed by atoms with Crippen LogP contribution in [0.3, 0.4) is 0 Å².